The number of likely N-dealkylation sites (N-methyl/N-ethyl adjacent to an activating group) is 1. The van der Waals surface area contributed by atoms with Crippen LogP contribution < -0.4 is 4.74 Å². The number of carbonyl (C=O) groups is 1. The Morgan fingerprint density at radius 2 is 2.09 bits per heavy atom. The van der Waals surface area contributed by atoms with E-state index in [-0.39, 0.29) is 22.4 Å². The summed E-state index contributed by atoms with van der Waals surface area (Å²) in [4.78, 5) is 15.2. The highest BCUT2D eigenvalue weighted by Crippen LogP contribution is 2.57. The summed E-state index contributed by atoms with van der Waals surface area (Å²) >= 11 is 0. The molecule has 4 nitrogen and oxygen atoms in total. The zero-order chi connectivity index (χ0) is 17.0. The van der Waals surface area contributed by atoms with Gasteiger partial charge in [0.1, 0.15) is 11.5 Å². The molecule has 1 aromatic carbocycles. The van der Waals surface area contributed by atoms with Crippen molar-refractivity contribution in [3.8, 4) is 11.5 Å². The Labute approximate surface area is 138 Å². The third-order valence-electron chi connectivity index (χ3n) is 6.33. The van der Waals surface area contributed by atoms with Crippen molar-refractivity contribution in [2.75, 3.05) is 27.2 Å². The van der Waals surface area contributed by atoms with Crippen LogP contribution in [0.25, 0.3) is 0 Å². The first-order valence-corrected chi connectivity index (χ1v) is 8.42. The molecule has 23 heavy (non-hydrogen) atoms. The summed E-state index contributed by atoms with van der Waals surface area (Å²) in [6.45, 7) is 8.32. The fourth-order valence-electron chi connectivity index (χ4n) is 4.59. The van der Waals surface area contributed by atoms with Gasteiger partial charge in [-0.15, -0.1) is 0 Å². The number of piperidine rings is 1. The number of phenols is 1. The average Bonchev–Trinajstić information content (AvgIpc) is 2.49. The highest BCUT2D eigenvalue weighted by atomic mass is 16.5. The summed E-state index contributed by atoms with van der Waals surface area (Å²) in [6, 6.07) is 2.00. The quantitative estimate of drug-likeness (QED) is 0.910. The number of rotatable bonds is 2. The van der Waals surface area contributed by atoms with Crippen LogP contribution in [-0.2, 0) is 11.8 Å². The Morgan fingerprint density at radius 3 is 2.70 bits per heavy atom. The Morgan fingerprint density at radius 1 is 1.39 bits per heavy atom. The van der Waals surface area contributed by atoms with Crippen molar-refractivity contribution in [3.63, 3.8) is 0 Å². The minimum atomic E-state index is -0.166. The predicted octanol–water partition coefficient (Wildman–Crippen LogP) is 3.15. The summed E-state index contributed by atoms with van der Waals surface area (Å²) < 4.78 is 5.52. The molecule has 1 heterocycles. The molecular weight excluding hydrogens is 290 g/mol. The zero-order valence-electron chi connectivity index (χ0n) is 14.8. The van der Waals surface area contributed by atoms with E-state index in [1.807, 2.05) is 13.0 Å². The minimum Gasteiger partial charge on any atom is -0.507 e. The molecule has 0 amide bonds. The van der Waals surface area contributed by atoms with E-state index in [1.54, 1.807) is 7.11 Å². The number of benzene rings is 1. The van der Waals surface area contributed by atoms with E-state index in [4.69, 9.17) is 4.74 Å². The molecule has 1 aromatic rings. The van der Waals surface area contributed by atoms with Crippen LogP contribution in [0.3, 0.4) is 0 Å². The maximum Gasteiger partial charge on any atom is 0.167 e. The average molecular weight is 317 g/mol. The van der Waals surface area contributed by atoms with Gasteiger partial charge in [0.25, 0.3) is 0 Å². The molecule has 2 atom stereocenters. The van der Waals surface area contributed by atoms with Gasteiger partial charge in [0.15, 0.2) is 5.78 Å². The lowest BCUT2D eigenvalue weighted by Gasteiger charge is -2.56. The van der Waals surface area contributed by atoms with E-state index in [0.717, 1.165) is 30.6 Å². The Balaban J connectivity index is 2.30. The number of methoxy groups -OCH3 is 1. The van der Waals surface area contributed by atoms with Gasteiger partial charge in [-0.2, -0.15) is 0 Å². The van der Waals surface area contributed by atoms with Gasteiger partial charge in [-0.3, -0.25) is 4.79 Å². The van der Waals surface area contributed by atoms with Crippen molar-refractivity contribution in [1.29, 1.82) is 0 Å². The molecule has 0 bridgehead atoms. The molecule has 0 spiro atoms. The predicted molar refractivity (Wildman–Crippen MR) is 90.6 cm³/mol. The Hall–Kier alpha value is -1.55. The van der Waals surface area contributed by atoms with Crippen LogP contribution >= 0.6 is 0 Å². The fourth-order valence-corrected chi connectivity index (χ4v) is 4.59. The maximum absolute atomic E-state index is 12.8. The number of aromatic hydroxyl groups is 1. The van der Waals surface area contributed by atoms with Crippen LogP contribution in [0.1, 0.15) is 55.1 Å². The summed E-state index contributed by atoms with van der Waals surface area (Å²) in [6.07, 6.45) is 2.14. The molecule has 0 radical (unpaired) electrons. The number of likely N-dealkylation sites (tertiary alicyclic amines) is 1. The van der Waals surface area contributed by atoms with E-state index < -0.39 is 0 Å². The van der Waals surface area contributed by atoms with Gasteiger partial charge >= 0.3 is 0 Å². The van der Waals surface area contributed by atoms with E-state index in [0.29, 0.717) is 24.2 Å². The maximum atomic E-state index is 12.8. The van der Waals surface area contributed by atoms with Gasteiger partial charge < -0.3 is 14.7 Å². The number of hydrogen-bond acceptors (Lipinski definition) is 4. The summed E-state index contributed by atoms with van der Waals surface area (Å²) in [5, 5.41) is 10.8. The molecule has 0 unspecified atom stereocenters. The first-order valence-electron chi connectivity index (χ1n) is 8.42. The van der Waals surface area contributed by atoms with Crippen molar-refractivity contribution in [1.82, 2.24) is 4.90 Å². The lowest BCUT2D eigenvalue weighted by atomic mass is 9.52. The molecule has 1 fully saturated rings. The third kappa shape index (κ3) is 2.11. The van der Waals surface area contributed by atoms with Crippen LogP contribution in [-0.4, -0.2) is 43.0 Å². The van der Waals surface area contributed by atoms with Crippen molar-refractivity contribution < 1.29 is 14.6 Å². The molecule has 0 saturated carbocycles. The number of nitrogens with zero attached hydrogens (tertiary/aromatic N) is 1. The van der Waals surface area contributed by atoms with Crippen molar-refractivity contribution in [2.45, 2.75) is 45.4 Å². The molecule has 2 aliphatic rings. The smallest absolute Gasteiger partial charge is 0.167 e. The number of hydrogen-bond donors (Lipinski definition) is 1. The van der Waals surface area contributed by atoms with Gasteiger partial charge in [0.05, 0.1) is 12.7 Å². The van der Waals surface area contributed by atoms with Crippen LogP contribution in [0.4, 0.5) is 0 Å². The largest absolute Gasteiger partial charge is 0.507 e. The third-order valence-corrected chi connectivity index (χ3v) is 6.33. The van der Waals surface area contributed by atoms with E-state index in [1.165, 1.54) is 0 Å². The highest BCUT2D eigenvalue weighted by molar-refractivity contribution is 6.03. The molecule has 126 valence electrons. The van der Waals surface area contributed by atoms with Crippen molar-refractivity contribution in [3.05, 3.63) is 22.8 Å². The second-order valence-electron chi connectivity index (χ2n) is 7.66. The second kappa shape index (κ2) is 5.23. The van der Waals surface area contributed by atoms with Gasteiger partial charge in [0.2, 0.25) is 0 Å². The molecule has 1 saturated heterocycles. The summed E-state index contributed by atoms with van der Waals surface area (Å²) in [7, 11) is 3.75. The normalized spacial score (nSPS) is 30.7. The number of carbonyl (C=O) groups excluding carboxylic acids is 1. The van der Waals surface area contributed by atoms with Crippen molar-refractivity contribution in [2.24, 2.45) is 5.41 Å². The molecule has 3 rings (SSSR count). The van der Waals surface area contributed by atoms with Crippen LogP contribution in [0.15, 0.2) is 6.07 Å². The van der Waals surface area contributed by atoms with E-state index in [9.17, 15) is 9.90 Å². The fraction of sp³-hybridized carbons (Fsp3) is 0.632. The summed E-state index contributed by atoms with van der Waals surface area (Å²) in [5.41, 5.74) is 1.97. The number of ether oxygens (including phenoxy) is 1. The molecule has 1 aliphatic carbocycles. The monoisotopic (exact) mass is 317 g/mol. The second-order valence-corrected chi connectivity index (χ2v) is 7.66. The van der Waals surface area contributed by atoms with E-state index >= 15 is 0 Å². The SMILES string of the molecule is CCc1c(OC)cc2c(c1O)C(=O)C[C@]1(C)CCN(C)C[C@]21C. The number of ketones is 1. The van der Waals surface area contributed by atoms with Crippen LogP contribution in [0.2, 0.25) is 0 Å². The Kier molecular flexibility index (Phi) is 3.71. The standard InChI is InChI=1S/C19H27NO3/c1-6-12-15(23-5)9-13-16(17(12)22)14(21)10-18(2)7-8-20(4)11-19(13,18)3/h9,22H,6-8,10-11H2,1-5H3/t18-,19+/m0/s1. The lowest BCUT2D eigenvalue weighted by Crippen LogP contribution is -2.57. The molecule has 4 heteroatoms. The summed E-state index contributed by atoms with van der Waals surface area (Å²) in [5.74, 6) is 0.887. The first-order chi connectivity index (χ1) is 10.8. The van der Waals surface area contributed by atoms with Crippen LogP contribution in [0, 0.1) is 5.41 Å². The van der Waals surface area contributed by atoms with Gasteiger partial charge in [-0.05, 0) is 43.5 Å². The molecule has 1 aliphatic heterocycles. The number of phenolic OH excluding ortho intramolecular Hbond substituents is 1. The number of fused-ring (bicyclic) bond motifs is 3. The topological polar surface area (TPSA) is 49.8 Å². The number of Topliss-reactive ketones (excluding diaryl/α,β-unsaturated/α-hetero) is 1. The molecule has 1 N–H and O–H groups in total. The van der Waals surface area contributed by atoms with E-state index in [2.05, 4.69) is 25.8 Å². The molecule has 0 aromatic heterocycles. The zero-order valence-corrected chi connectivity index (χ0v) is 14.8. The first kappa shape index (κ1) is 16.3. The highest BCUT2D eigenvalue weighted by Gasteiger charge is 2.55. The Bertz CT molecular complexity index is 669. The molecular formula is C19H27NO3. The van der Waals surface area contributed by atoms with Crippen LogP contribution in [0.5, 0.6) is 11.5 Å². The van der Waals surface area contributed by atoms with Crippen molar-refractivity contribution >= 4 is 5.78 Å². The lowest BCUT2D eigenvalue weighted by molar-refractivity contribution is 0.0224. The van der Waals surface area contributed by atoms with Gasteiger partial charge in [-0.25, -0.2) is 0 Å². The van der Waals surface area contributed by atoms with Gasteiger partial charge in [-0.1, -0.05) is 20.8 Å². The minimum absolute atomic E-state index is 0.0689. The van der Waals surface area contributed by atoms with Gasteiger partial charge in [0, 0.05) is 23.9 Å².